The van der Waals surface area contributed by atoms with Crippen molar-refractivity contribution in [1.29, 1.82) is 5.26 Å². The Morgan fingerprint density at radius 2 is 1.91 bits per heavy atom. The largest absolute Gasteiger partial charge is 0.495 e. The number of hydrogen-bond donors (Lipinski definition) is 1. The number of halogens is 1. The molecule has 0 aliphatic heterocycles. The molecule has 0 spiro atoms. The summed E-state index contributed by atoms with van der Waals surface area (Å²) in [4.78, 5) is 12.8. The number of nitrogens with one attached hydrogen (secondary N) is 1. The van der Waals surface area contributed by atoms with Crippen LogP contribution in [0.4, 0.5) is 5.69 Å². The number of amides is 1. The molecule has 0 saturated heterocycles. The van der Waals surface area contributed by atoms with E-state index in [1.807, 2.05) is 38.4 Å². The zero-order valence-electron chi connectivity index (χ0n) is 18.8. The van der Waals surface area contributed by atoms with Gasteiger partial charge in [-0.15, -0.1) is 0 Å². The van der Waals surface area contributed by atoms with Crippen LogP contribution in [0.3, 0.4) is 0 Å². The summed E-state index contributed by atoms with van der Waals surface area (Å²) in [7, 11) is 1.49. The van der Waals surface area contributed by atoms with Gasteiger partial charge in [0.2, 0.25) is 0 Å². The molecule has 6 nitrogen and oxygen atoms in total. The summed E-state index contributed by atoms with van der Waals surface area (Å²) >= 11 is 6.14. The fourth-order valence-electron chi connectivity index (χ4n) is 3.35. The maximum Gasteiger partial charge on any atom is 0.266 e. The third-order valence-corrected chi connectivity index (χ3v) is 5.68. The highest BCUT2D eigenvalue weighted by molar-refractivity contribution is 6.31. The molecular weight excluding hydrogens is 424 g/mol. The minimum atomic E-state index is -0.530. The van der Waals surface area contributed by atoms with E-state index < -0.39 is 5.91 Å². The van der Waals surface area contributed by atoms with Crippen LogP contribution in [0.2, 0.25) is 5.02 Å². The molecule has 0 bridgehead atoms. The Labute approximate surface area is 193 Å². The summed E-state index contributed by atoms with van der Waals surface area (Å²) in [6.07, 6.45) is 1.58. The van der Waals surface area contributed by atoms with Gasteiger partial charge >= 0.3 is 0 Å². The molecule has 0 atom stereocenters. The minimum absolute atomic E-state index is 0.0271. The minimum Gasteiger partial charge on any atom is -0.495 e. The van der Waals surface area contributed by atoms with Gasteiger partial charge in [-0.1, -0.05) is 41.4 Å². The monoisotopic (exact) mass is 448 g/mol. The van der Waals surface area contributed by atoms with Crippen molar-refractivity contribution in [1.82, 2.24) is 9.78 Å². The van der Waals surface area contributed by atoms with Crippen LogP contribution in [0.15, 0.2) is 42.0 Å². The van der Waals surface area contributed by atoms with Crippen LogP contribution in [0.1, 0.15) is 33.6 Å². The number of aryl methyl sites for hydroxylation is 3. The fourth-order valence-corrected chi connectivity index (χ4v) is 3.51. The number of ether oxygens (including phenoxy) is 1. The molecule has 0 fully saturated rings. The maximum absolute atomic E-state index is 12.8. The number of carbonyl (C=O) groups excluding carboxylic acids is 1. The molecule has 1 heterocycles. The SMILES string of the molecule is COc1cc(Cl)c(C)cc1NC(=O)/C(C#N)=C/c1c(C)nn(Cc2ccc(C)cc2)c1C. The van der Waals surface area contributed by atoms with Gasteiger partial charge in [0, 0.05) is 22.3 Å². The van der Waals surface area contributed by atoms with Crippen molar-refractivity contribution in [2.24, 2.45) is 0 Å². The average Bonchev–Trinajstić information content (AvgIpc) is 3.02. The van der Waals surface area contributed by atoms with Crippen molar-refractivity contribution < 1.29 is 9.53 Å². The van der Waals surface area contributed by atoms with Crippen molar-refractivity contribution in [2.45, 2.75) is 34.2 Å². The fraction of sp³-hybridized carbons (Fsp3) is 0.240. The zero-order valence-corrected chi connectivity index (χ0v) is 19.5. The number of nitrogens with zero attached hydrogens (tertiary/aromatic N) is 3. The summed E-state index contributed by atoms with van der Waals surface area (Å²) in [5.41, 5.74) is 5.91. The van der Waals surface area contributed by atoms with Gasteiger partial charge < -0.3 is 10.1 Å². The molecule has 164 valence electrons. The lowest BCUT2D eigenvalue weighted by Gasteiger charge is -2.12. The Hall–Kier alpha value is -3.56. The van der Waals surface area contributed by atoms with Crippen molar-refractivity contribution in [3.63, 3.8) is 0 Å². The standard InChI is InChI=1S/C25H25ClN4O2/c1-15-6-8-19(9-7-15)14-30-18(4)21(17(3)29-30)11-20(13-27)25(31)28-23-10-16(2)22(26)12-24(23)32-5/h6-12H,14H2,1-5H3,(H,28,31)/b20-11+. The molecule has 0 radical (unpaired) electrons. The van der Waals surface area contributed by atoms with Gasteiger partial charge in [-0.2, -0.15) is 10.4 Å². The van der Waals surface area contributed by atoms with E-state index in [-0.39, 0.29) is 5.57 Å². The van der Waals surface area contributed by atoms with Crippen molar-refractivity contribution in [2.75, 3.05) is 12.4 Å². The smallest absolute Gasteiger partial charge is 0.266 e. The molecule has 0 unspecified atom stereocenters. The first-order chi connectivity index (χ1) is 15.2. The van der Waals surface area contributed by atoms with Gasteiger partial charge in [0.15, 0.2) is 0 Å². The van der Waals surface area contributed by atoms with E-state index in [1.165, 1.54) is 12.7 Å². The lowest BCUT2D eigenvalue weighted by atomic mass is 10.1. The lowest BCUT2D eigenvalue weighted by Crippen LogP contribution is -2.14. The third-order valence-electron chi connectivity index (χ3n) is 5.27. The Balaban J connectivity index is 1.89. The molecule has 3 rings (SSSR count). The molecule has 0 saturated carbocycles. The van der Waals surface area contributed by atoms with Crippen LogP contribution in [0.25, 0.3) is 6.08 Å². The van der Waals surface area contributed by atoms with E-state index in [9.17, 15) is 10.1 Å². The maximum atomic E-state index is 12.8. The average molecular weight is 449 g/mol. The summed E-state index contributed by atoms with van der Waals surface area (Å²) in [6.45, 7) is 8.27. The van der Waals surface area contributed by atoms with E-state index >= 15 is 0 Å². The molecule has 3 aromatic rings. The number of rotatable bonds is 6. The number of hydrogen-bond acceptors (Lipinski definition) is 4. The van der Waals surface area contributed by atoms with Gasteiger partial charge in [-0.05, 0) is 51.0 Å². The summed E-state index contributed by atoms with van der Waals surface area (Å²) in [5.74, 6) is -0.109. The molecule has 0 aliphatic carbocycles. The van der Waals surface area contributed by atoms with Crippen LogP contribution in [0, 0.1) is 39.0 Å². The van der Waals surface area contributed by atoms with Crippen LogP contribution in [0.5, 0.6) is 5.75 Å². The number of carbonyl (C=O) groups is 1. The molecule has 2 aromatic carbocycles. The first kappa shape index (κ1) is 23.1. The molecule has 32 heavy (non-hydrogen) atoms. The first-order valence-corrected chi connectivity index (χ1v) is 10.5. The number of benzene rings is 2. The van der Waals surface area contributed by atoms with E-state index in [1.54, 1.807) is 18.2 Å². The summed E-state index contributed by atoms with van der Waals surface area (Å²) < 4.78 is 7.18. The molecule has 1 amide bonds. The van der Waals surface area contributed by atoms with Gasteiger partial charge in [0.25, 0.3) is 5.91 Å². The second-order valence-electron chi connectivity index (χ2n) is 7.65. The predicted molar refractivity (Wildman–Crippen MR) is 127 cm³/mol. The van der Waals surface area contributed by atoms with Gasteiger partial charge in [-0.3, -0.25) is 9.48 Å². The number of aromatic nitrogens is 2. The number of anilines is 1. The molecule has 0 aliphatic rings. The number of methoxy groups -OCH3 is 1. The Morgan fingerprint density at radius 1 is 1.22 bits per heavy atom. The van der Waals surface area contributed by atoms with Gasteiger partial charge in [0.1, 0.15) is 17.4 Å². The van der Waals surface area contributed by atoms with Crippen LogP contribution >= 0.6 is 11.6 Å². The molecule has 1 N–H and O–H groups in total. The van der Waals surface area contributed by atoms with Crippen LogP contribution < -0.4 is 10.1 Å². The lowest BCUT2D eigenvalue weighted by molar-refractivity contribution is -0.112. The molecule has 7 heteroatoms. The molecule has 1 aromatic heterocycles. The Kier molecular flexibility index (Phi) is 7.01. The molecular formula is C25H25ClN4O2. The Bertz CT molecular complexity index is 1230. The van der Waals surface area contributed by atoms with E-state index in [4.69, 9.17) is 16.3 Å². The van der Waals surface area contributed by atoms with Gasteiger partial charge in [0.05, 0.1) is 25.0 Å². The highest BCUT2D eigenvalue weighted by Gasteiger charge is 2.17. The Morgan fingerprint density at radius 3 is 2.53 bits per heavy atom. The zero-order chi connectivity index (χ0) is 23.4. The summed E-state index contributed by atoms with van der Waals surface area (Å²) in [5, 5.41) is 17.5. The van der Waals surface area contributed by atoms with Crippen molar-refractivity contribution in [3.05, 3.63) is 80.6 Å². The second kappa shape index (κ2) is 9.71. The van der Waals surface area contributed by atoms with Gasteiger partial charge in [-0.25, -0.2) is 0 Å². The second-order valence-corrected chi connectivity index (χ2v) is 8.06. The topological polar surface area (TPSA) is 79.9 Å². The predicted octanol–water partition coefficient (Wildman–Crippen LogP) is 5.37. The highest BCUT2D eigenvalue weighted by atomic mass is 35.5. The van der Waals surface area contributed by atoms with E-state index in [2.05, 4.69) is 34.7 Å². The van der Waals surface area contributed by atoms with E-state index in [0.717, 1.165) is 28.1 Å². The van der Waals surface area contributed by atoms with Crippen LogP contribution in [-0.2, 0) is 11.3 Å². The normalized spacial score (nSPS) is 11.2. The van der Waals surface area contributed by atoms with E-state index in [0.29, 0.717) is 23.0 Å². The summed E-state index contributed by atoms with van der Waals surface area (Å²) in [6, 6.07) is 13.6. The highest BCUT2D eigenvalue weighted by Crippen LogP contribution is 2.31. The first-order valence-electron chi connectivity index (χ1n) is 10.1. The quantitative estimate of drug-likeness (QED) is 0.406. The van der Waals surface area contributed by atoms with Crippen molar-refractivity contribution >= 4 is 29.3 Å². The van der Waals surface area contributed by atoms with Crippen molar-refractivity contribution in [3.8, 4) is 11.8 Å². The number of nitriles is 1. The third kappa shape index (κ3) is 5.01. The van der Waals surface area contributed by atoms with Crippen LogP contribution in [-0.4, -0.2) is 22.8 Å².